The van der Waals surface area contributed by atoms with Crippen molar-refractivity contribution < 1.29 is 9.90 Å². The molecule has 1 saturated heterocycles. The Kier molecular flexibility index (Phi) is 7.37. The van der Waals surface area contributed by atoms with Crippen LogP contribution in [0.3, 0.4) is 0 Å². The molecule has 0 bridgehead atoms. The van der Waals surface area contributed by atoms with E-state index in [-0.39, 0.29) is 41.4 Å². The largest absolute Gasteiger partial charge is 0.392 e. The average Bonchev–Trinajstić information content (AvgIpc) is 3.39. The van der Waals surface area contributed by atoms with Gasteiger partial charge in [0.1, 0.15) is 0 Å². The molecule has 3 aliphatic rings. The maximum atomic E-state index is 12.4. The summed E-state index contributed by atoms with van der Waals surface area (Å²) in [4.78, 5) is 21.3. The average molecular weight is 464 g/mol. The van der Waals surface area contributed by atoms with Crippen LogP contribution < -0.4 is 5.32 Å². The summed E-state index contributed by atoms with van der Waals surface area (Å²) >= 11 is 0. The fourth-order valence-corrected chi connectivity index (χ4v) is 3.89. The number of amides is 1. The lowest BCUT2D eigenvalue weighted by Crippen LogP contribution is -2.56. The SMILES string of the molecule is CCNC(=NCC1(C)CCCCC1O)N1CCN(C2CC2)C(=O)C1.I. The smallest absolute Gasteiger partial charge is 0.242 e. The lowest BCUT2D eigenvalue weighted by Gasteiger charge is -2.39. The van der Waals surface area contributed by atoms with Crippen LogP contribution in [0.15, 0.2) is 4.99 Å². The Bertz CT molecular complexity index is 497. The molecule has 0 spiro atoms. The van der Waals surface area contributed by atoms with Crippen LogP contribution in [0.2, 0.25) is 0 Å². The van der Waals surface area contributed by atoms with Crippen LogP contribution >= 0.6 is 24.0 Å². The summed E-state index contributed by atoms with van der Waals surface area (Å²) in [6.45, 7) is 7.65. The molecule has 2 unspecified atom stereocenters. The van der Waals surface area contributed by atoms with E-state index in [9.17, 15) is 9.90 Å². The molecule has 0 aromatic carbocycles. The molecule has 0 aromatic rings. The van der Waals surface area contributed by atoms with E-state index in [0.717, 1.165) is 64.1 Å². The number of nitrogens with one attached hydrogen (secondary N) is 1. The summed E-state index contributed by atoms with van der Waals surface area (Å²) in [5, 5.41) is 13.7. The Morgan fingerprint density at radius 2 is 2.08 bits per heavy atom. The van der Waals surface area contributed by atoms with Gasteiger partial charge in [-0.25, -0.2) is 0 Å². The van der Waals surface area contributed by atoms with Crippen LogP contribution in [0.1, 0.15) is 52.4 Å². The van der Waals surface area contributed by atoms with E-state index < -0.39 is 0 Å². The number of rotatable bonds is 4. The monoisotopic (exact) mass is 464 g/mol. The number of guanidine groups is 1. The molecule has 1 heterocycles. The van der Waals surface area contributed by atoms with E-state index in [4.69, 9.17) is 4.99 Å². The second-order valence-corrected chi connectivity index (χ2v) is 7.83. The number of hydrogen-bond acceptors (Lipinski definition) is 3. The molecule has 2 saturated carbocycles. The van der Waals surface area contributed by atoms with Crippen LogP contribution in [-0.4, -0.2) is 71.6 Å². The van der Waals surface area contributed by atoms with E-state index in [0.29, 0.717) is 19.1 Å². The van der Waals surface area contributed by atoms with Crippen LogP contribution in [-0.2, 0) is 4.79 Å². The summed E-state index contributed by atoms with van der Waals surface area (Å²) in [5.41, 5.74) is -0.140. The van der Waals surface area contributed by atoms with E-state index in [2.05, 4.69) is 24.1 Å². The molecule has 6 nitrogen and oxygen atoms in total. The van der Waals surface area contributed by atoms with Gasteiger partial charge in [-0.1, -0.05) is 19.8 Å². The van der Waals surface area contributed by atoms with Crippen molar-refractivity contribution in [1.29, 1.82) is 0 Å². The van der Waals surface area contributed by atoms with Gasteiger partial charge >= 0.3 is 0 Å². The second-order valence-electron chi connectivity index (χ2n) is 7.83. The van der Waals surface area contributed by atoms with E-state index in [1.807, 2.05) is 4.90 Å². The minimum Gasteiger partial charge on any atom is -0.392 e. The lowest BCUT2D eigenvalue weighted by molar-refractivity contribution is -0.135. The molecule has 2 N–H and O–H groups in total. The lowest BCUT2D eigenvalue weighted by atomic mass is 9.73. The number of piperazine rings is 1. The molecule has 0 radical (unpaired) electrons. The fraction of sp³-hybridized carbons (Fsp3) is 0.889. The van der Waals surface area contributed by atoms with Crippen LogP contribution in [0.5, 0.6) is 0 Å². The molecule has 0 aromatic heterocycles. The predicted molar refractivity (Wildman–Crippen MR) is 110 cm³/mol. The topological polar surface area (TPSA) is 68.2 Å². The van der Waals surface area contributed by atoms with Gasteiger partial charge in [-0.15, -0.1) is 24.0 Å². The van der Waals surface area contributed by atoms with Crippen LogP contribution in [0.25, 0.3) is 0 Å². The molecule has 1 aliphatic heterocycles. The number of carbonyl (C=O) groups is 1. The molecule has 25 heavy (non-hydrogen) atoms. The van der Waals surface area contributed by atoms with E-state index in [1.165, 1.54) is 0 Å². The second kappa shape index (κ2) is 8.88. The summed E-state index contributed by atoms with van der Waals surface area (Å²) in [7, 11) is 0. The Balaban J connectivity index is 0.00000225. The van der Waals surface area contributed by atoms with E-state index in [1.54, 1.807) is 0 Å². The number of halogens is 1. The minimum atomic E-state index is -0.272. The molecule has 3 fully saturated rings. The van der Waals surface area contributed by atoms with Crippen molar-refractivity contribution in [1.82, 2.24) is 15.1 Å². The zero-order chi connectivity index (χ0) is 17.2. The zero-order valence-electron chi connectivity index (χ0n) is 15.5. The van der Waals surface area contributed by atoms with Gasteiger partial charge in [0.25, 0.3) is 0 Å². The van der Waals surface area contributed by atoms with Crippen molar-refractivity contribution >= 4 is 35.8 Å². The van der Waals surface area contributed by atoms with Gasteiger partial charge in [0.05, 0.1) is 19.2 Å². The van der Waals surface area contributed by atoms with Crippen LogP contribution in [0.4, 0.5) is 0 Å². The number of carbonyl (C=O) groups excluding carboxylic acids is 1. The number of aliphatic hydroxyl groups excluding tert-OH is 1. The molecule has 2 aliphatic carbocycles. The van der Waals surface area contributed by atoms with Crippen molar-refractivity contribution in [3.63, 3.8) is 0 Å². The third-order valence-electron chi connectivity index (χ3n) is 5.75. The predicted octanol–water partition coefficient (Wildman–Crippen LogP) is 1.82. The highest BCUT2D eigenvalue weighted by Gasteiger charge is 2.37. The Morgan fingerprint density at radius 1 is 1.32 bits per heavy atom. The molecular weight excluding hydrogens is 431 g/mol. The molecule has 3 rings (SSSR count). The summed E-state index contributed by atoms with van der Waals surface area (Å²) in [6, 6.07) is 0.496. The standard InChI is InChI=1S/C18H32N4O2.HI/c1-3-19-17(20-13-18(2)9-5-4-6-15(18)23)21-10-11-22(14-7-8-14)16(24)12-21;/h14-15,23H,3-13H2,1-2H3,(H,19,20);1H. The highest BCUT2D eigenvalue weighted by Crippen LogP contribution is 2.36. The van der Waals surface area contributed by atoms with Gasteiger partial charge in [-0.2, -0.15) is 0 Å². The molecular formula is C18H33IN4O2. The molecule has 1 amide bonds. The maximum Gasteiger partial charge on any atom is 0.242 e. The minimum absolute atomic E-state index is 0. The number of hydrogen-bond donors (Lipinski definition) is 2. The number of aliphatic hydroxyl groups is 1. The van der Waals surface area contributed by atoms with Crippen molar-refractivity contribution in [3.8, 4) is 0 Å². The number of aliphatic imine (C=N–C) groups is 1. The van der Waals surface area contributed by atoms with Gasteiger partial charge in [0, 0.05) is 31.1 Å². The Labute approximate surface area is 168 Å². The zero-order valence-corrected chi connectivity index (χ0v) is 17.9. The van der Waals surface area contributed by atoms with Crippen molar-refractivity contribution in [2.75, 3.05) is 32.7 Å². The van der Waals surface area contributed by atoms with Crippen molar-refractivity contribution in [2.45, 2.75) is 64.5 Å². The molecule has 2 atom stereocenters. The molecule has 7 heteroatoms. The highest BCUT2D eigenvalue weighted by molar-refractivity contribution is 14.0. The van der Waals surface area contributed by atoms with Gasteiger partial charge in [0.2, 0.25) is 5.91 Å². The first-order valence-electron chi connectivity index (χ1n) is 9.54. The van der Waals surface area contributed by atoms with Gasteiger partial charge < -0.3 is 20.2 Å². The fourth-order valence-electron chi connectivity index (χ4n) is 3.89. The van der Waals surface area contributed by atoms with Gasteiger partial charge in [-0.05, 0) is 32.6 Å². The van der Waals surface area contributed by atoms with E-state index >= 15 is 0 Å². The first-order valence-corrected chi connectivity index (χ1v) is 9.54. The summed E-state index contributed by atoms with van der Waals surface area (Å²) in [6.07, 6.45) is 6.22. The maximum absolute atomic E-state index is 12.4. The van der Waals surface area contributed by atoms with Gasteiger partial charge in [-0.3, -0.25) is 9.79 Å². The van der Waals surface area contributed by atoms with Crippen molar-refractivity contribution in [2.24, 2.45) is 10.4 Å². The quantitative estimate of drug-likeness (QED) is 0.379. The molecule has 144 valence electrons. The first-order chi connectivity index (χ1) is 11.5. The number of nitrogens with zero attached hydrogens (tertiary/aromatic N) is 3. The first kappa shape index (κ1) is 20.7. The van der Waals surface area contributed by atoms with Crippen molar-refractivity contribution in [3.05, 3.63) is 0 Å². The van der Waals surface area contributed by atoms with Crippen LogP contribution in [0, 0.1) is 5.41 Å². The van der Waals surface area contributed by atoms with Gasteiger partial charge in [0.15, 0.2) is 5.96 Å². The normalized spacial score (nSPS) is 30.9. The Morgan fingerprint density at radius 3 is 2.68 bits per heavy atom. The third kappa shape index (κ3) is 4.99. The highest BCUT2D eigenvalue weighted by atomic mass is 127. The summed E-state index contributed by atoms with van der Waals surface area (Å²) in [5.74, 6) is 1.04. The summed E-state index contributed by atoms with van der Waals surface area (Å²) < 4.78 is 0. The third-order valence-corrected chi connectivity index (χ3v) is 5.75. The Hall–Kier alpha value is -0.570.